The molecule has 1 atom stereocenters. The Bertz CT molecular complexity index is 692. The van der Waals surface area contributed by atoms with Crippen molar-refractivity contribution < 1.29 is 4.79 Å². The molecule has 122 valence electrons. The number of carbonyl (C=O) groups is 1. The second kappa shape index (κ2) is 6.96. The van der Waals surface area contributed by atoms with E-state index in [4.69, 9.17) is 0 Å². The lowest BCUT2D eigenvalue weighted by atomic mass is 10.1. The molecule has 1 aliphatic heterocycles. The van der Waals surface area contributed by atoms with Crippen LogP contribution in [0, 0.1) is 0 Å². The number of carbonyl (C=O) groups excluding carboxylic acids is 1. The first-order chi connectivity index (χ1) is 11.1. The topological polar surface area (TPSA) is 57.3 Å². The molecule has 1 aromatic heterocycles. The van der Waals surface area contributed by atoms with Crippen molar-refractivity contribution in [1.82, 2.24) is 15.6 Å². The lowest BCUT2D eigenvalue weighted by Crippen LogP contribution is -2.31. The van der Waals surface area contributed by atoms with Gasteiger partial charge < -0.3 is 15.5 Å². The van der Waals surface area contributed by atoms with Gasteiger partial charge in [-0.25, -0.2) is 4.98 Å². The summed E-state index contributed by atoms with van der Waals surface area (Å²) >= 11 is 0. The normalized spacial score (nSPS) is 17.4. The maximum atomic E-state index is 12.2. The Morgan fingerprint density at radius 3 is 2.96 bits per heavy atom. The Hall–Kier alpha value is -2.14. The minimum absolute atomic E-state index is 0.108. The van der Waals surface area contributed by atoms with Crippen molar-refractivity contribution in [3.8, 4) is 0 Å². The number of para-hydroxylation sites is 1. The minimum Gasteiger partial charge on any atom is -0.363 e. The number of amides is 1. The highest BCUT2D eigenvalue weighted by Crippen LogP contribution is 2.22. The van der Waals surface area contributed by atoms with E-state index in [0.717, 1.165) is 35.2 Å². The van der Waals surface area contributed by atoms with Gasteiger partial charge in [0.2, 0.25) is 5.91 Å². The molecule has 2 N–H and O–H groups in total. The van der Waals surface area contributed by atoms with E-state index < -0.39 is 0 Å². The fourth-order valence-electron chi connectivity index (χ4n) is 3.03. The Labute approximate surface area is 137 Å². The zero-order valence-electron chi connectivity index (χ0n) is 13.8. The number of rotatable bonds is 5. The Morgan fingerprint density at radius 2 is 2.22 bits per heavy atom. The summed E-state index contributed by atoms with van der Waals surface area (Å²) in [6.45, 7) is 1.56. The fraction of sp³-hybridized carbons (Fsp3) is 0.444. The summed E-state index contributed by atoms with van der Waals surface area (Å²) in [5, 5.41) is 7.52. The summed E-state index contributed by atoms with van der Waals surface area (Å²) in [6, 6.07) is 10.5. The first-order valence-electron chi connectivity index (χ1n) is 8.19. The smallest absolute Gasteiger partial charge is 0.221 e. The van der Waals surface area contributed by atoms with Crippen molar-refractivity contribution in [3.63, 3.8) is 0 Å². The third-order valence-corrected chi connectivity index (χ3v) is 4.32. The third kappa shape index (κ3) is 3.79. The van der Waals surface area contributed by atoms with Crippen LogP contribution in [0.15, 0.2) is 30.3 Å². The zero-order valence-corrected chi connectivity index (χ0v) is 13.8. The number of nitrogens with zero attached hydrogens (tertiary/aromatic N) is 2. The van der Waals surface area contributed by atoms with Crippen molar-refractivity contribution in [2.75, 3.05) is 25.5 Å². The van der Waals surface area contributed by atoms with E-state index in [1.807, 2.05) is 37.2 Å². The van der Waals surface area contributed by atoms with E-state index in [9.17, 15) is 4.79 Å². The van der Waals surface area contributed by atoms with E-state index in [-0.39, 0.29) is 5.91 Å². The average Bonchev–Trinajstić information content (AvgIpc) is 3.05. The molecule has 1 fully saturated rings. The Balaban J connectivity index is 1.74. The molecule has 0 radical (unpaired) electrons. The molecular weight excluding hydrogens is 288 g/mol. The molecule has 5 heteroatoms. The first kappa shape index (κ1) is 15.7. The van der Waals surface area contributed by atoms with Crippen LogP contribution in [0.2, 0.25) is 0 Å². The number of aromatic nitrogens is 1. The van der Waals surface area contributed by atoms with E-state index in [2.05, 4.69) is 27.8 Å². The second-order valence-electron chi connectivity index (χ2n) is 6.33. The van der Waals surface area contributed by atoms with Crippen LogP contribution in [0.25, 0.3) is 10.9 Å². The van der Waals surface area contributed by atoms with Crippen LogP contribution in [0.1, 0.15) is 24.8 Å². The highest BCUT2D eigenvalue weighted by Gasteiger charge is 2.17. The van der Waals surface area contributed by atoms with Gasteiger partial charge in [0.25, 0.3) is 0 Å². The molecular formula is C18H24N4O. The van der Waals surface area contributed by atoms with E-state index in [1.54, 1.807) is 0 Å². The lowest BCUT2D eigenvalue weighted by molar-refractivity contribution is -0.121. The summed E-state index contributed by atoms with van der Waals surface area (Å²) < 4.78 is 0. The summed E-state index contributed by atoms with van der Waals surface area (Å²) in [4.78, 5) is 18.8. The summed E-state index contributed by atoms with van der Waals surface area (Å²) in [6.07, 6.45) is 2.82. The van der Waals surface area contributed by atoms with Gasteiger partial charge in [-0.05, 0) is 37.1 Å². The van der Waals surface area contributed by atoms with Crippen molar-refractivity contribution in [2.45, 2.75) is 31.8 Å². The van der Waals surface area contributed by atoms with E-state index in [1.165, 1.54) is 6.42 Å². The highest BCUT2D eigenvalue weighted by atomic mass is 16.1. The minimum atomic E-state index is 0.108. The molecule has 1 aliphatic rings. The van der Waals surface area contributed by atoms with Gasteiger partial charge >= 0.3 is 0 Å². The number of hydrogen-bond acceptors (Lipinski definition) is 4. The number of nitrogens with one attached hydrogen (secondary N) is 2. The molecule has 1 amide bonds. The monoisotopic (exact) mass is 312 g/mol. The van der Waals surface area contributed by atoms with Gasteiger partial charge in [0.1, 0.15) is 5.82 Å². The molecule has 0 bridgehead atoms. The van der Waals surface area contributed by atoms with Crippen molar-refractivity contribution in [1.29, 1.82) is 0 Å². The van der Waals surface area contributed by atoms with Gasteiger partial charge in [-0.2, -0.15) is 0 Å². The van der Waals surface area contributed by atoms with Gasteiger partial charge in [0.05, 0.1) is 5.52 Å². The van der Waals surface area contributed by atoms with Gasteiger partial charge in [-0.1, -0.05) is 18.2 Å². The van der Waals surface area contributed by atoms with E-state index in [0.29, 0.717) is 19.0 Å². The molecule has 2 aromatic rings. The predicted molar refractivity (Wildman–Crippen MR) is 93.6 cm³/mol. The maximum Gasteiger partial charge on any atom is 0.221 e. The largest absolute Gasteiger partial charge is 0.363 e. The first-order valence-corrected chi connectivity index (χ1v) is 8.19. The zero-order chi connectivity index (χ0) is 16.2. The fourth-order valence-corrected chi connectivity index (χ4v) is 3.03. The van der Waals surface area contributed by atoms with Crippen molar-refractivity contribution >= 4 is 22.6 Å². The molecule has 5 nitrogen and oxygen atoms in total. The molecule has 2 heterocycles. The van der Waals surface area contributed by atoms with Gasteiger partial charge in [0, 0.05) is 38.5 Å². The number of fused-ring (bicyclic) bond motifs is 1. The van der Waals surface area contributed by atoms with Gasteiger partial charge in [-0.3, -0.25) is 4.79 Å². The summed E-state index contributed by atoms with van der Waals surface area (Å²) in [5.74, 6) is 1.02. The number of hydrogen-bond donors (Lipinski definition) is 2. The van der Waals surface area contributed by atoms with Crippen LogP contribution in [0.5, 0.6) is 0 Å². The number of anilines is 1. The summed E-state index contributed by atoms with van der Waals surface area (Å²) in [7, 11) is 3.95. The van der Waals surface area contributed by atoms with Gasteiger partial charge in [-0.15, -0.1) is 0 Å². The molecule has 0 saturated carbocycles. The van der Waals surface area contributed by atoms with Crippen molar-refractivity contribution in [3.05, 3.63) is 35.9 Å². The molecule has 1 saturated heterocycles. The van der Waals surface area contributed by atoms with E-state index >= 15 is 0 Å². The average molecular weight is 312 g/mol. The molecule has 1 unspecified atom stereocenters. The Morgan fingerprint density at radius 1 is 1.39 bits per heavy atom. The van der Waals surface area contributed by atoms with Crippen LogP contribution >= 0.6 is 0 Å². The van der Waals surface area contributed by atoms with Crippen LogP contribution in [-0.4, -0.2) is 37.6 Å². The lowest BCUT2D eigenvalue weighted by Gasteiger charge is -2.16. The second-order valence-corrected chi connectivity index (χ2v) is 6.33. The van der Waals surface area contributed by atoms with Crippen molar-refractivity contribution in [2.24, 2.45) is 0 Å². The molecule has 3 rings (SSSR count). The maximum absolute atomic E-state index is 12.2. The molecule has 0 spiro atoms. The van der Waals surface area contributed by atoms with Crippen LogP contribution in [0.3, 0.4) is 0 Å². The molecule has 1 aromatic carbocycles. The summed E-state index contributed by atoms with van der Waals surface area (Å²) in [5.41, 5.74) is 2.06. The predicted octanol–water partition coefficient (Wildman–Crippen LogP) is 2.06. The SMILES string of the molecule is CN(C)c1cc(CNC(=O)CC2CCCN2)c2ccccc2n1. The Kier molecular flexibility index (Phi) is 4.76. The standard InChI is InChI=1S/C18H24N4O/c1-22(2)17-10-13(15-7-3-4-8-16(15)21-17)12-20-18(23)11-14-6-5-9-19-14/h3-4,7-8,10,14,19H,5-6,9,11-12H2,1-2H3,(H,20,23). The number of benzene rings is 1. The number of pyridine rings is 1. The van der Waals surface area contributed by atoms with Gasteiger partial charge in [0.15, 0.2) is 0 Å². The third-order valence-electron chi connectivity index (χ3n) is 4.32. The van der Waals surface area contributed by atoms with Crippen LogP contribution in [0.4, 0.5) is 5.82 Å². The molecule has 0 aliphatic carbocycles. The highest BCUT2D eigenvalue weighted by molar-refractivity contribution is 5.85. The quantitative estimate of drug-likeness (QED) is 0.887. The van der Waals surface area contributed by atoms with Crippen LogP contribution in [-0.2, 0) is 11.3 Å². The van der Waals surface area contributed by atoms with Crippen LogP contribution < -0.4 is 15.5 Å². The molecule has 23 heavy (non-hydrogen) atoms.